The van der Waals surface area contributed by atoms with Gasteiger partial charge in [0.05, 0.1) is 24.7 Å². The number of ether oxygens (including phenoxy) is 1. The average molecular weight is 314 g/mol. The van der Waals surface area contributed by atoms with Crippen molar-refractivity contribution < 1.29 is 18.7 Å². The van der Waals surface area contributed by atoms with E-state index >= 15 is 0 Å². The number of nitrogens with one attached hydrogen (secondary N) is 1. The molecule has 2 unspecified atom stereocenters. The van der Waals surface area contributed by atoms with Crippen molar-refractivity contribution >= 4 is 23.6 Å². The molecule has 1 amide bonds. The summed E-state index contributed by atoms with van der Waals surface area (Å²) in [5.74, 6) is 1.20. The lowest BCUT2D eigenvalue weighted by molar-refractivity contribution is -0.144. The zero-order chi connectivity index (χ0) is 15.7. The van der Waals surface area contributed by atoms with Gasteiger partial charge in [-0.15, -0.1) is 0 Å². The maximum Gasteiger partial charge on any atom is 0.322 e. The maximum atomic E-state index is 11.7. The van der Waals surface area contributed by atoms with E-state index in [2.05, 4.69) is 5.32 Å². The topological polar surface area (TPSA) is 94.6 Å². The molecule has 0 aliphatic carbocycles. The molecule has 0 aliphatic rings. The van der Waals surface area contributed by atoms with Crippen molar-refractivity contribution in [3.05, 3.63) is 24.2 Å². The van der Waals surface area contributed by atoms with Crippen LogP contribution in [0.4, 0.5) is 0 Å². The molecule has 118 valence electrons. The lowest BCUT2D eigenvalue weighted by Gasteiger charge is -2.12. The van der Waals surface area contributed by atoms with Crippen LogP contribution in [0.2, 0.25) is 0 Å². The van der Waals surface area contributed by atoms with Crippen LogP contribution in [-0.4, -0.2) is 36.0 Å². The zero-order valence-electron chi connectivity index (χ0n) is 12.3. The van der Waals surface area contributed by atoms with Crippen LogP contribution < -0.4 is 11.1 Å². The number of rotatable bonds is 9. The third kappa shape index (κ3) is 6.68. The third-order valence-corrected chi connectivity index (χ3v) is 3.73. The molecule has 0 spiro atoms. The smallest absolute Gasteiger partial charge is 0.322 e. The van der Waals surface area contributed by atoms with Gasteiger partial charge in [0, 0.05) is 0 Å². The van der Waals surface area contributed by atoms with Crippen molar-refractivity contribution in [2.24, 2.45) is 5.73 Å². The Morgan fingerprint density at radius 2 is 2.29 bits per heavy atom. The zero-order valence-corrected chi connectivity index (χ0v) is 13.2. The SMILES string of the molecule is CCOC(=O)C(N)CCSCC(=O)NC(C)c1ccco1. The number of carbonyl (C=O) groups is 2. The Labute approximate surface area is 128 Å². The summed E-state index contributed by atoms with van der Waals surface area (Å²) in [5.41, 5.74) is 5.66. The highest BCUT2D eigenvalue weighted by atomic mass is 32.2. The second-order valence-corrected chi connectivity index (χ2v) is 5.61. The predicted molar refractivity (Wildman–Crippen MR) is 81.8 cm³/mol. The van der Waals surface area contributed by atoms with Gasteiger partial charge in [0.15, 0.2) is 0 Å². The summed E-state index contributed by atoms with van der Waals surface area (Å²) in [7, 11) is 0. The van der Waals surface area contributed by atoms with Crippen LogP contribution in [0.15, 0.2) is 22.8 Å². The number of amides is 1. The van der Waals surface area contributed by atoms with Crippen molar-refractivity contribution in [1.82, 2.24) is 5.32 Å². The molecule has 1 heterocycles. The number of furan rings is 1. The first-order valence-electron chi connectivity index (χ1n) is 6.87. The summed E-state index contributed by atoms with van der Waals surface area (Å²) < 4.78 is 10.0. The molecule has 0 saturated heterocycles. The second kappa shape index (κ2) is 9.46. The Balaban J connectivity index is 2.15. The molecular formula is C14H22N2O4S. The molecule has 2 atom stereocenters. The van der Waals surface area contributed by atoms with Crippen LogP contribution in [0, 0.1) is 0 Å². The minimum atomic E-state index is -0.623. The highest BCUT2D eigenvalue weighted by Crippen LogP contribution is 2.12. The number of esters is 1. The van der Waals surface area contributed by atoms with E-state index in [4.69, 9.17) is 14.9 Å². The van der Waals surface area contributed by atoms with Crippen LogP contribution in [0.25, 0.3) is 0 Å². The number of thioether (sulfide) groups is 1. The average Bonchev–Trinajstić information content (AvgIpc) is 2.97. The number of nitrogens with two attached hydrogens (primary N) is 1. The molecule has 7 heteroatoms. The van der Waals surface area contributed by atoms with Gasteiger partial charge in [-0.3, -0.25) is 9.59 Å². The molecule has 1 rings (SSSR count). The van der Waals surface area contributed by atoms with Gasteiger partial charge in [-0.05, 0) is 38.2 Å². The van der Waals surface area contributed by atoms with Gasteiger partial charge >= 0.3 is 5.97 Å². The molecule has 0 saturated carbocycles. The van der Waals surface area contributed by atoms with E-state index in [0.717, 1.165) is 5.76 Å². The molecule has 1 aromatic rings. The quantitative estimate of drug-likeness (QED) is 0.529. The van der Waals surface area contributed by atoms with E-state index < -0.39 is 12.0 Å². The monoisotopic (exact) mass is 314 g/mol. The summed E-state index contributed by atoms with van der Waals surface area (Å²) in [4.78, 5) is 23.0. The van der Waals surface area contributed by atoms with E-state index in [-0.39, 0.29) is 11.9 Å². The third-order valence-electron chi connectivity index (χ3n) is 2.74. The number of hydrogen-bond acceptors (Lipinski definition) is 6. The van der Waals surface area contributed by atoms with Crippen LogP contribution in [-0.2, 0) is 14.3 Å². The van der Waals surface area contributed by atoms with Crippen molar-refractivity contribution in [2.75, 3.05) is 18.1 Å². The van der Waals surface area contributed by atoms with Gasteiger partial charge in [0.2, 0.25) is 5.91 Å². The first-order valence-corrected chi connectivity index (χ1v) is 8.02. The van der Waals surface area contributed by atoms with Crippen LogP contribution in [0.3, 0.4) is 0 Å². The fourth-order valence-electron chi connectivity index (χ4n) is 1.63. The van der Waals surface area contributed by atoms with Gasteiger partial charge in [0.25, 0.3) is 0 Å². The highest BCUT2D eigenvalue weighted by Gasteiger charge is 2.15. The molecule has 0 aliphatic heterocycles. The summed E-state index contributed by atoms with van der Waals surface area (Å²) in [6.45, 7) is 3.93. The molecule has 0 fully saturated rings. The molecule has 1 aromatic heterocycles. The van der Waals surface area contributed by atoms with Gasteiger partial charge in [-0.2, -0.15) is 11.8 Å². The lowest BCUT2D eigenvalue weighted by Crippen LogP contribution is -2.33. The van der Waals surface area contributed by atoms with Crippen molar-refractivity contribution in [3.63, 3.8) is 0 Å². The molecule has 3 N–H and O–H groups in total. The Hall–Kier alpha value is -1.47. The van der Waals surface area contributed by atoms with Crippen LogP contribution in [0.1, 0.15) is 32.1 Å². The Morgan fingerprint density at radius 3 is 2.90 bits per heavy atom. The van der Waals surface area contributed by atoms with E-state index in [0.29, 0.717) is 24.5 Å². The van der Waals surface area contributed by atoms with Crippen molar-refractivity contribution in [2.45, 2.75) is 32.4 Å². The molecule has 6 nitrogen and oxygen atoms in total. The summed E-state index contributed by atoms with van der Waals surface area (Å²) in [5, 5.41) is 2.84. The fraction of sp³-hybridized carbons (Fsp3) is 0.571. The van der Waals surface area contributed by atoms with Crippen molar-refractivity contribution in [1.29, 1.82) is 0 Å². The van der Waals surface area contributed by atoms with E-state index in [1.807, 2.05) is 13.0 Å². The fourth-order valence-corrected chi connectivity index (χ4v) is 2.47. The molecule has 0 bridgehead atoms. The molecular weight excluding hydrogens is 292 g/mol. The minimum absolute atomic E-state index is 0.0754. The summed E-state index contributed by atoms with van der Waals surface area (Å²) >= 11 is 1.43. The van der Waals surface area contributed by atoms with Gasteiger partial charge in [0.1, 0.15) is 11.8 Å². The lowest BCUT2D eigenvalue weighted by atomic mass is 10.2. The van der Waals surface area contributed by atoms with Crippen LogP contribution in [0.5, 0.6) is 0 Å². The molecule has 0 aromatic carbocycles. The highest BCUT2D eigenvalue weighted by molar-refractivity contribution is 7.99. The summed E-state index contributed by atoms with van der Waals surface area (Å²) in [6, 6.07) is 2.82. The van der Waals surface area contributed by atoms with Gasteiger partial charge in [-0.1, -0.05) is 0 Å². The van der Waals surface area contributed by atoms with Gasteiger partial charge < -0.3 is 20.2 Å². The van der Waals surface area contributed by atoms with Crippen LogP contribution >= 0.6 is 11.8 Å². The van der Waals surface area contributed by atoms with Gasteiger partial charge in [-0.25, -0.2) is 0 Å². The number of hydrogen-bond donors (Lipinski definition) is 2. The Kier molecular flexibility index (Phi) is 7.92. The normalized spacial score (nSPS) is 13.5. The second-order valence-electron chi connectivity index (χ2n) is 4.50. The first kappa shape index (κ1) is 17.6. The predicted octanol–water partition coefficient (Wildman–Crippen LogP) is 1.47. The Bertz CT molecular complexity index is 436. The first-order chi connectivity index (χ1) is 10.0. The van der Waals surface area contributed by atoms with E-state index in [1.54, 1.807) is 19.3 Å². The molecule has 21 heavy (non-hydrogen) atoms. The largest absolute Gasteiger partial charge is 0.467 e. The van der Waals surface area contributed by atoms with Crippen molar-refractivity contribution in [3.8, 4) is 0 Å². The maximum absolute atomic E-state index is 11.7. The Morgan fingerprint density at radius 1 is 1.52 bits per heavy atom. The molecule has 0 radical (unpaired) electrons. The summed E-state index contributed by atoms with van der Waals surface area (Å²) in [6.07, 6.45) is 2.06. The number of carbonyl (C=O) groups excluding carboxylic acids is 2. The van der Waals surface area contributed by atoms with E-state index in [9.17, 15) is 9.59 Å². The minimum Gasteiger partial charge on any atom is -0.467 e. The van der Waals surface area contributed by atoms with E-state index in [1.165, 1.54) is 11.8 Å². The standard InChI is InChI=1S/C14H22N2O4S/c1-3-19-14(18)11(15)6-8-21-9-13(17)16-10(2)12-5-4-7-20-12/h4-5,7,10-11H,3,6,8-9,15H2,1-2H3,(H,16,17).